The first-order valence-electron chi connectivity index (χ1n) is 12.2. The van der Waals surface area contributed by atoms with E-state index in [-0.39, 0.29) is 29.4 Å². The van der Waals surface area contributed by atoms with Crippen molar-refractivity contribution in [3.8, 4) is 11.5 Å². The highest BCUT2D eigenvalue weighted by molar-refractivity contribution is 5.94. The van der Waals surface area contributed by atoms with Crippen LogP contribution in [0.1, 0.15) is 58.1 Å². The molecule has 4 heterocycles. The number of hydrogen-bond acceptors (Lipinski definition) is 7. The van der Waals surface area contributed by atoms with E-state index in [1.807, 2.05) is 6.07 Å². The minimum atomic E-state index is -1.28. The molecule has 1 saturated carbocycles. The predicted octanol–water partition coefficient (Wildman–Crippen LogP) is 1.13. The van der Waals surface area contributed by atoms with Crippen molar-refractivity contribution < 1.29 is 24.9 Å². The standard InChI is InChI=1S/C25H24N4O6/c30-15-4-3-12-7-16-25(34)8-13-18(27-21-14(23(32)33)9-26-29(21)22(13)31)20-24(25,17(12)19(15)35-20)5-6-28(16)10-11-1-2-11/h3-4,9,11,16,20,27,30,34H,1-2,5-8,10H2,(H,32,33)/t16-,20+,24+,25-/m1/s1. The number of aromatic hydroxyl groups is 1. The molecule has 8 rings (SSSR count). The lowest BCUT2D eigenvalue weighted by Crippen LogP contribution is -2.75. The second-order valence-electron chi connectivity index (χ2n) is 10.9. The van der Waals surface area contributed by atoms with Crippen molar-refractivity contribution in [1.82, 2.24) is 19.5 Å². The fourth-order valence-electron chi connectivity index (χ4n) is 7.56. The maximum atomic E-state index is 13.6. The number of likely N-dealkylation sites (tertiary alicyclic amines) is 1. The number of carboxylic acid groups (broad SMARTS) is 1. The Balaban J connectivity index is 1.42. The Labute approximate surface area is 198 Å². The van der Waals surface area contributed by atoms with Crippen LogP contribution in [0, 0.1) is 5.92 Å². The molecule has 1 spiro atoms. The third kappa shape index (κ3) is 2.17. The molecule has 2 fully saturated rings. The molecule has 2 bridgehead atoms. The van der Waals surface area contributed by atoms with Crippen LogP contribution in [0.25, 0.3) is 5.65 Å². The maximum absolute atomic E-state index is 13.6. The summed E-state index contributed by atoms with van der Waals surface area (Å²) in [4.78, 5) is 30.9. The maximum Gasteiger partial charge on any atom is 0.341 e. The highest BCUT2D eigenvalue weighted by Gasteiger charge is 2.73. The number of phenolic OH excluding ortho intramolecular Hbond substituents is 1. The molecule has 0 radical (unpaired) electrons. The number of aromatic nitrogens is 3. The van der Waals surface area contributed by atoms with Gasteiger partial charge in [-0.1, -0.05) is 6.07 Å². The van der Waals surface area contributed by atoms with Gasteiger partial charge in [-0.3, -0.25) is 9.69 Å². The monoisotopic (exact) mass is 476 g/mol. The van der Waals surface area contributed by atoms with Gasteiger partial charge in [0.15, 0.2) is 23.3 Å². The summed E-state index contributed by atoms with van der Waals surface area (Å²) in [5.74, 6) is -0.171. The number of carboxylic acids is 1. The van der Waals surface area contributed by atoms with E-state index >= 15 is 0 Å². The molecule has 1 aromatic carbocycles. The number of ether oxygens (including phenoxy) is 1. The Hall–Kier alpha value is -3.37. The minimum absolute atomic E-state index is 0.00860. The summed E-state index contributed by atoms with van der Waals surface area (Å²) in [6.45, 7) is 1.71. The van der Waals surface area contributed by atoms with Crippen molar-refractivity contribution in [2.75, 3.05) is 13.1 Å². The van der Waals surface area contributed by atoms with Crippen molar-refractivity contribution in [3.63, 3.8) is 0 Å². The van der Waals surface area contributed by atoms with Gasteiger partial charge in [-0.05, 0) is 49.8 Å². The van der Waals surface area contributed by atoms with Crippen LogP contribution in [0.5, 0.6) is 11.5 Å². The highest BCUT2D eigenvalue weighted by atomic mass is 16.5. The quantitative estimate of drug-likeness (QED) is 0.441. The van der Waals surface area contributed by atoms with E-state index in [0.717, 1.165) is 34.9 Å². The number of fused-ring (bicyclic) bond motifs is 3. The van der Waals surface area contributed by atoms with Gasteiger partial charge in [-0.25, -0.2) is 4.79 Å². The molecule has 3 aliphatic carbocycles. The summed E-state index contributed by atoms with van der Waals surface area (Å²) in [7, 11) is 0. The molecular weight excluding hydrogens is 452 g/mol. The fourth-order valence-corrected chi connectivity index (χ4v) is 7.56. The van der Waals surface area contributed by atoms with Crippen LogP contribution >= 0.6 is 0 Å². The topological polar surface area (TPSA) is 140 Å². The molecule has 0 unspecified atom stereocenters. The zero-order valence-corrected chi connectivity index (χ0v) is 18.8. The summed E-state index contributed by atoms with van der Waals surface area (Å²) in [5, 5.41) is 37.1. The van der Waals surface area contributed by atoms with Crippen LogP contribution in [0.2, 0.25) is 0 Å². The minimum Gasteiger partial charge on any atom is -0.504 e. The fraction of sp³-hybridized carbons (Fsp3) is 0.480. The second-order valence-corrected chi connectivity index (χ2v) is 10.9. The summed E-state index contributed by atoms with van der Waals surface area (Å²) < 4.78 is 7.50. The number of piperidine rings is 1. The third-order valence-corrected chi connectivity index (χ3v) is 9.25. The van der Waals surface area contributed by atoms with Gasteiger partial charge in [0.1, 0.15) is 5.56 Å². The Morgan fingerprint density at radius 2 is 2.14 bits per heavy atom. The molecule has 2 aromatic heterocycles. The predicted molar refractivity (Wildman–Crippen MR) is 121 cm³/mol. The number of rotatable bonds is 3. The Morgan fingerprint density at radius 3 is 2.91 bits per heavy atom. The number of hydrogen-bond donors (Lipinski definition) is 4. The zero-order valence-electron chi connectivity index (χ0n) is 18.8. The molecule has 180 valence electrons. The van der Waals surface area contributed by atoms with E-state index in [1.165, 1.54) is 12.8 Å². The first kappa shape index (κ1) is 19.9. The number of aliphatic hydroxyl groups is 1. The lowest BCUT2D eigenvalue weighted by molar-refractivity contribution is -0.173. The molecule has 10 nitrogen and oxygen atoms in total. The van der Waals surface area contributed by atoms with Gasteiger partial charge in [-0.2, -0.15) is 9.61 Å². The van der Waals surface area contributed by atoms with Crippen molar-refractivity contribution in [3.05, 3.63) is 56.6 Å². The molecule has 10 heteroatoms. The number of nitrogens with one attached hydrogen (secondary N) is 1. The average molecular weight is 476 g/mol. The Kier molecular flexibility index (Phi) is 3.44. The summed E-state index contributed by atoms with van der Waals surface area (Å²) in [6.07, 6.45) is 4.15. The molecular formula is C25H24N4O6. The molecule has 5 aliphatic rings. The van der Waals surface area contributed by atoms with Crippen LogP contribution in [0.3, 0.4) is 0 Å². The van der Waals surface area contributed by atoms with Crippen LogP contribution < -0.4 is 10.3 Å². The second kappa shape index (κ2) is 6.06. The molecule has 3 aromatic rings. The molecule has 0 amide bonds. The summed E-state index contributed by atoms with van der Waals surface area (Å²) >= 11 is 0. The lowest BCUT2D eigenvalue weighted by Gasteiger charge is -2.62. The number of H-pyrrole nitrogens is 1. The lowest BCUT2D eigenvalue weighted by atomic mass is 9.49. The number of carbonyl (C=O) groups is 1. The number of aromatic carboxylic acids is 1. The Morgan fingerprint density at radius 1 is 1.31 bits per heavy atom. The van der Waals surface area contributed by atoms with E-state index in [0.29, 0.717) is 35.8 Å². The van der Waals surface area contributed by atoms with Gasteiger partial charge in [0.25, 0.3) is 5.56 Å². The van der Waals surface area contributed by atoms with Gasteiger partial charge in [0, 0.05) is 30.1 Å². The number of benzene rings is 1. The number of phenols is 1. The van der Waals surface area contributed by atoms with Gasteiger partial charge in [-0.15, -0.1) is 0 Å². The van der Waals surface area contributed by atoms with E-state index in [4.69, 9.17) is 4.74 Å². The molecule has 2 aliphatic heterocycles. The van der Waals surface area contributed by atoms with Gasteiger partial charge < -0.3 is 25.0 Å². The molecule has 4 atom stereocenters. The SMILES string of the molecule is O=C(O)c1cnn2c(=O)c3c([nH]c12)[C@@H]1Oc2c(O)ccc4c2[C@@]12CCN(CC1CC1)[C@H](C4)[C@]2(O)C3. The first-order chi connectivity index (χ1) is 16.8. The zero-order chi connectivity index (χ0) is 23.9. The normalized spacial score (nSPS) is 32.3. The highest BCUT2D eigenvalue weighted by Crippen LogP contribution is 2.68. The number of aromatic amines is 1. The number of nitrogens with zero attached hydrogens (tertiary/aromatic N) is 3. The van der Waals surface area contributed by atoms with E-state index < -0.39 is 28.6 Å². The summed E-state index contributed by atoms with van der Waals surface area (Å²) in [5.41, 5.74) is 0.107. The van der Waals surface area contributed by atoms with Crippen LogP contribution in [-0.2, 0) is 18.3 Å². The van der Waals surface area contributed by atoms with E-state index in [1.54, 1.807) is 6.07 Å². The molecule has 4 N–H and O–H groups in total. The van der Waals surface area contributed by atoms with Gasteiger partial charge >= 0.3 is 5.97 Å². The van der Waals surface area contributed by atoms with E-state index in [9.17, 15) is 24.9 Å². The first-order valence-corrected chi connectivity index (χ1v) is 12.2. The van der Waals surface area contributed by atoms with Gasteiger partial charge in [0.05, 0.1) is 22.9 Å². The molecule has 35 heavy (non-hydrogen) atoms. The largest absolute Gasteiger partial charge is 0.504 e. The average Bonchev–Trinajstić information content (AvgIpc) is 3.40. The van der Waals surface area contributed by atoms with Crippen LogP contribution in [0.4, 0.5) is 0 Å². The van der Waals surface area contributed by atoms with Gasteiger partial charge in [0.2, 0.25) is 0 Å². The summed E-state index contributed by atoms with van der Waals surface area (Å²) in [6, 6.07) is 3.37. The third-order valence-electron chi connectivity index (χ3n) is 9.25. The van der Waals surface area contributed by atoms with Crippen LogP contribution in [0.15, 0.2) is 23.1 Å². The van der Waals surface area contributed by atoms with E-state index in [2.05, 4.69) is 15.0 Å². The van der Waals surface area contributed by atoms with Crippen LogP contribution in [-0.4, -0.2) is 65.5 Å². The van der Waals surface area contributed by atoms with Crippen molar-refractivity contribution in [2.24, 2.45) is 5.92 Å². The van der Waals surface area contributed by atoms with Crippen molar-refractivity contribution in [1.29, 1.82) is 0 Å². The van der Waals surface area contributed by atoms with Crippen molar-refractivity contribution >= 4 is 11.6 Å². The molecule has 1 saturated heterocycles. The van der Waals surface area contributed by atoms with Crippen molar-refractivity contribution in [2.45, 2.75) is 55.3 Å². The Bertz CT molecular complexity index is 1540. The smallest absolute Gasteiger partial charge is 0.341 e.